The number of nitrogens with zero attached hydrogens (tertiary/aromatic N) is 5. The number of hydrogen-bond donors (Lipinski definition) is 0. The average Bonchev–Trinajstić information content (AvgIpc) is 2.89. The summed E-state index contributed by atoms with van der Waals surface area (Å²) < 4.78 is 5.95. The van der Waals surface area contributed by atoms with E-state index in [-0.39, 0.29) is 11.5 Å². The fraction of sp³-hybridized carbons (Fsp3) is 0.125. The second-order valence-corrected chi connectivity index (χ2v) is 4.17. The molecule has 0 radical (unpaired) electrons. The molecule has 0 bridgehead atoms. The SMILES string of the molecule is Cc1nonc1-c1nc2sccn2c1[N+](=O)[O-]. The van der Waals surface area contributed by atoms with Gasteiger partial charge >= 0.3 is 5.82 Å². The van der Waals surface area contributed by atoms with E-state index in [1.165, 1.54) is 15.7 Å². The molecule has 0 aromatic carbocycles. The number of rotatable bonds is 2. The van der Waals surface area contributed by atoms with Gasteiger partial charge in [0.2, 0.25) is 0 Å². The Hall–Kier alpha value is -2.29. The van der Waals surface area contributed by atoms with Gasteiger partial charge < -0.3 is 10.1 Å². The largest absolute Gasteiger partial charge is 0.358 e. The van der Waals surface area contributed by atoms with Crippen molar-refractivity contribution < 1.29 is 9.55 Å². The summed E-state index contributed by atoms with van der Waals surface area (Å²) in [6, 6.07) is 0. The summed E-state index contributed by atoms with van der Waals surface area (Å²) in [6.07, 6.45) is 1.59. The molecule has 0 saturated heterocycles. The normalized spacial score (nSPS) is 11.1. The van der Waals surface area contributed by atoms with Gasteiger partial charge in [-0.3, -0.25) is 0 Å². The van der Waals surface area contributed by atoms with Crippen LogP contribution in [0.5, 0.6) is 0 Å². The van der Waals surface area contributed by atoms with E-state index < -0.39 is 4.92 Å². The molecule has 0 N–H and O–H groups in total. The summed E-state index contributed by atoms with van der Waals surface area (Å²) in [6.45, 7) is 1.66. The molecule has 3 heterocycles. The first-order valence-electron chi connectivity index (χ1n) is 4.58. The van der Waals surface area contributed by atoms with Crippen LogP contribution in [-0.4, -0.2) is 24.6 Å². The van der Waals surface area contributed by atoms with Gasteiger partial charge in [-0.05, 0) is 17.0 Å². The maximum absolute atomic E-state index is 11.1. The van der Waals surface area contributed by atoms with E-state index in [0.717, 1.165) is 0 Å². The van der Waals surface area contributed by atoms with Crippen molar-refractivity contribution in [1.82, 2.24) is 19.7 Å². The van der Waals surface area contributed by atoms with E-state index in [1.807, 2.05) is 0 Å². The summed E-state index contributed by atoms with van der Waals surface area (Å²) in [5.41, 5.74) is 0.951. The topological polar surface area (TPSA) is 99.4 Å². The fourth-order valence-electron chi connectivity index (χ4n) is 1.55. The molecule has 3 aromatic rings. The second-order valence-electron chi connectivity index (χ2n) is 3.29. The van der Waals surface area contributed by atoms with Gasteiger partial charge in [0.15, 0.2) is 11.4 Å². The predicted molar refractivity (Wildman–Crippen MR) is 57.8 cm³/mol. The van der Waals surface area contributed by atoms with Crippen LogP contribution in [0.25, 0.3) is 16.3 Å². The minimum Gasteiger partial charge on any atom is -0.358 e. The highest BCUT2D eigenvalue weighted by Gasteiger charge is 2.28. The van der Waals surface area contributed by atoms with Crippen molar-refractivity contribution in [3.05, 3.63) is 27.4 Å². The lowest BCUT2D eigenvalue weighted by atomic mass is 10.2. The Balaban J connectivity index is 2.36. The number of aromatic nitrogens is 4. The zero-order valence-electron chi connectivity index (χ0n) is 8.52. The summed E-state index contributed by atoms with van der Waals surface area (Å²) in [7, 11) is 0. The third-order valence-corrected chi connectivity index (χ3v) is 3.04. The molecule has 3 aromatic heterocycles. The Morgan fingerprint density at radius 1 is 1.47 bits per heavy atom. The van der Waals surface area contributed by atoms with E-state index in [9.17, 15) is 10.1 Å². The van der Waals surface area contributed by atoms with Crippen molar-refractivity contribution in [2.75, 3.05) is 0 Å². The molecule has 86 valence electrons. The minimum atomic E-state index is -0.490. The van der Waals surface area contributed by atoms with Gasteiger partial charge in [-0.2, -0.15) is 9.38 Å². The second kappa shape index (κ2) is 3.35. The molecule has 0 aliphatic rings. The Kier molecular flexibility index (Phi) is 1.95. The van der Waals surface area contributed by atoms with Gasteiger partial charge in [-0.25, -0.2) is 4.63 Å². The molecule has 0 amide bonds. The Morgan fingerprint density at radius 3 is 2.94 bits per heavy atom. The molecule has 8 nitrogen and oxygen atoms in total. The van der Waals surface area contributed by atoms with Crippen LogP contribution in [0.3, 0.4) is 0 Å². The van der Waals surface area contributed by atoms with Crippen LogP contribution in [0, 0.1) is 17.0 Å². The van der Waals surface area contributed by atoms with Crippen LogP contribution in [0.1, 0.15) is 5.69 Å². The van der Waals surface area contributed by atoms with Crippen molar-refractivity contribution in [1.29, 1.82) is 0 Å². The Bertz CT molecular complexity index is 712. The van der Waals surface area contributed by atoms with Crippen LogP contribution in [0.15, 0.2) is 16.2 Å². The highest BCUT2D eigenvalue weighted by atomic mass is 32.1. The molecule has 9 heteroatoms. The van der Waals surface area contributed by atoms with E-state index in [2.05, 4.69) is 19.9 Å². The van der Waals surface area contributed by atoms with E-state index in [1.54, 1.807) is 18.5 Å². The fourth-order valence-corrected chi connectivity index (χ4v) is 2.26. The van der Waals surface area contributed by atoms with Crippen LogP contribution in [-0.2, 0) is 0 Å². The average molecular weight is 251 g/mol. The van der Waals surface area contributed by atoms with Crippen LogP contribution < -0.4 is 0 Å². The summed E-state index contributed by atoms with van der Waals surface area (Å²) in [5.74, 6) is -0.125. The molecular weight excluding hydrogens is 246 g/mol. The zero-order valence-corrected chi connectivity index (χ0v) is 9.34. The van der Waals surface area contributed by atoms with Gasteiger partial charge in [-0.1, -0.05) is 16.5 Å². The molecule has 0 saturated carbocycles. The summed E-state index contributed by atoms with van der Waals surface area (Å²) in [5, 5.41) is 20.0. The summed E-state index contributed by atoms with van der Waals surface area (Å²) >= 11 is 1.31. The monoisotopic (exact) mass is 251 g/mol. The molecule has 0 fully saturated rings. The van der Waals surface area contributed by atoms with Crippen LogP contribution in [0.4, 0.5) is 5.82 Å². The first-order chi connectivity index (χ1) is 8.18. The van der Waals surface area contributed by atoms with Crippen molar-refractivity contribution in [2.24, 2.45) is 0 Å². The first-order valence-corrected chi connectivity index (χ1v) is 5.46. The standard InChI is InChI=1S/C8H5N5O3S/c1-4-5(11-16-10-4)6-7(13(14)15)12-2-3-17-8(12)9-6/h2-3H,1H3. The van der Waals surface area contributed by atoms with Gasteiger partial charge in [-0.15, -0.1) is 0 Å². The summed E-state index contributed by atoms with van der Waals surface area (Å²) in [4.78, 5) is 15.3. The number of thiazole rings is 1. The lowest BCUT2D eigenvalue weighted by Gasteiger charge is -1.93. The molecule has 0 atom stereocenters. The predicted octanol–water partition coefficient (Wildman–Crippen LogP) is 1.66. The number of fused-ring (bicyclic) bond motifs is 1. The highest BCUT2D eigenvalue weighted by molar-refractivity contribution is 7.15. The van der Waals surface area contributed by atoms with Crippen LogP contribution >= 0.6 is 11.3 Å². The van der Waals surface area contributed by atoms with Crippen molar-refractivity contribution in [3.8, 4) is 11.4 Å². The Morgan fingerprint density at radius 2 is 2.29 bits per heavy atom. The number of nitro groups is 1. The number of imidazole rings is 1. The molecule has 0 aliphatic heterocycles. The zero-order chi connectivity index (χ0) is 12.0. The molecular formula is C8H5N5O3S. The van der Waals surface area contributed by atoms with Gasteiger partial charge in [0.25, 0.3) is 4.96 Å². The Labute approximate surface area is 97.6 Å². The lowest BCUT2D eigenvalue weighted by Crippen LogP contribution is -1.95. The van der Waals surface area contributed by atoms with E-state index in [4.69, 9.17) is 0 Å². The van der Waals surface area contributed by atoms with Crippen LogP contribution in [0.2, 0.25) is 0 Å². The highest BCUT2D eigenvalue weighted by Crippen LogP contribution is 2.32. The maximum atomic E-state index is 11.1. The third-order valence-electron chi connectivity index (χ3n) is 2.29. The maximum Gasteiger partial charge on any atom is 0.358 e. The molecule has 0 unspecified atom stereocenters. The van der Waals surface area contributed by atoms with Crippen molar-refractivity contribution >= 4 is 22.1 Å². The minimum absolute atomic E-state index is 0.125. The third kappa shape index (κ3) is 1.32. The molecule has 3 rings (SSSR count). The van der Waals surface area contributed by atoms with Crippen molar-refractivity contribution in [2.45, 2.75) is 6.92 Å². The smallest absolute Gasteiger partial charge is 0.358 e. The number of aryl methyl sites for hydroxylation is 1. The molecule has 17 heavy (non-hydrogen) atoms. The van der Waals surface area contributed by atoms with E-state index >= 15 is 0 Å². The van der Waals surface area contributed by atoms with Crippen molar-refractivity contribution in [3.63, 3.8) is 0 Å². The molecule has 0 spiro atoms. The number of hydrogen-bond acceptors (Lipinski definition) is 7. The van der Waals surface area contributed by atoms with Gasteiger partial charge in [0.1, 0.15) is 11.9 Å². The lowest BCUT2D eigenvalue weighted by molar-refractivity contribution is -0.389. The van der Waals surface area contributed by atoms with Gasteiger partial charge in [0, 0.05) is 5.38 Å². The first kappa shape index (κ1) is 9.90. The quantitative estimate of drug-likeness (QED) is 0.507. The molecule has 0 aliphatic carbocycles. The van der Waals surface area contributed by atoms with E-state index in [0.29, 0.717) is 16.3 Å². The van der Waals surface area contributed by atoms with Gasteiger partial charge in [0.05, 0.1) is 0 Å².